The first kappa shape index (κ1) is 23.0. The maximum absolute atomic E-state index is 14.0. The number of benzene rings is 3. The first-order chi connectivity index (χ1) is 17.6. The minimum atomic E-state index is -2.30. The number of amides is 3. The minimum Gasteiger partial charge on any atom is -0.451 e. The molecule has 0 saturated carbocycles. The summed E-state index contributed by atoms with van der Waals surface area (Å²) in [5.74, 6) is -13.1. The van der Waals surface area contributed by atoms with Gasteiger partial charge in [0.2, 0.25) is 34.8 Å². The zero-order valence-corrected chi connectivity index (χ0v) is 19.0. The summed E-state index contributed by atoms with van der Waals surface area (Å²) in [7, 11) is 0. The number of H-pyrrole nitrogens is 1. The van der Waals surface area contributed by atoms with Crippen molar-refractivity contribution in [2.24, 2.45) is 0 Å². The van der Waals surface area contributed by atoms with Gasteiger partial charge in [0.1, 0.15) is 5.75 Å². The van der Waals surface area contributed by atoms with E-state index in [1.54, 1.807) is 6.92 Å². The van der Waals surface area contributed by atoms with Crippen LogP contribution >= 0.6 is 0 Å². The molecule has 0 bridgehead atoms. The monoisotopic (exact) mass is 513 g/mol. The van der Waals surface area contributed by atoms with E-state index in [1.165, 1.54) is 17.0 Å². The van der Waals surface area contributed by atoms with Crippen LogP contribution in [0.2, 0.25) is 0 Å². The Morgan fingerprint density at radius 1 is 0.865 bits per heavy atom. The summed E-state index contributed by atoms with van der Waals surface area (Å²) in [5, 5.41) is 0.978. The lowest BCUT2D eigenvalue weighted by Crippen LogP contribution is -2.49. The third-order valence-corrected chi connectivity index (χ3v) is 6.95. The van der Waals surface area contributed by atoms with Crippen molar-refractivity contribution >= 4 is 28.5 Å². The zero-order valence-electron chi connectivity index (χ0n) is 19.0. The van der Waals surface area contributed by atoms with Gasteiger partial charge in [-0.2, -0.15) is 8.78 Å². The maximum atomic E-state index is 14.0. The third-order valence-electron chi connectivity index (χ3n) is 6.95. The van der Waals surface area contributed by atoms with E-state index < -0.39 is 52.3 Å². The van der Waals surface area contributed by atoms with Crippen molar-refractivity contribution in [3.05, 3.63) is 88.9 Å². The van der Waals surface area contributed by atoms with Crippen LogP contribution in [0, 0.1) is 29.1 Å². The van der Waals surface area contributed by atoms with E-state index in [2.05, 4.69) is 4.98 Å². The Balaban J connectivity index is 1.34. The van der Waals surface area contributed by atoms with Gasteiger partial charge in [-0.15, -0.1) is 0 Å². The molecule has 2 aliphatic heterocycles. The lowest BCUT2D eigenvalue weighted by atomic mass is 9.87. The van der Waals surface area contributed by atoms with Crippen LogP contribution in [0.15, 0.2) is 48.5 Å². The Kier molecular flexibility index (Phi) is 4.85. The molecule has 3 heterocycles. The highest BCUT2D eigenvalue weighted by Gasteiger charge is 2.59. The summed E-state index contributed by atoms with van der Waals surface area (Å²) in [5.41, 5.74) is 1.31. The number of hydrogen-bond donors (Lipinski definition) is 1. The van der Waals surface area contributed by atoms with Crippen molar-refractivity contribution in [3.8, 4) is 11.5 Å². The molecule has 11 heteroatoms. The summed E-state index contributed by atoms with van der Waals surface area (Å²) in [6.45, 7) is 1.98. The predicted molar refractivity (Wildman–Crippen MR) is 122 cm³/mol. The van der Waals surface area contributed by atoms with Gasteiger partial charge in [-0.25, -0.2) is 22.9 Å². The quantitative estimate of drug-likeness (QED) is 0.161. The van der Waals surface area contributed by atoms with Crippen LogP contribution in [-0.4, -0.2) is 28.4 Å². The number of para-hydroxylation sites is 1. The number of aromatic nitrogens is 1. The van der Waals surface area contributed by atoms with Crippen molar-refractivity contribution < 1.29 is 36.3 Å². The molecule has 1 atom stereocenters. The van der Waals surface area contributed by atoms with Gasteiger partial charge in [-0.05, 0) is 49.2 Å². The Hall–Kier alpha value is -4.41. The number of urea groups is 1. The molecule has 0 aliphatic carbocycles. The van der Waals surface area contributed by atoms with E-state index in [0.29, 0.717) is 18.7 Å². The number of halogens is 5. The number of ether oxygens (including phenoxy) is 1. The molecule has 188 valence electrons. The smallest absolute Gasteiger partial charge is 0.332 e. The van der Waals surface area contributed by atoms with E-state index in [4.69, 9.17) is 4.74 Å². The summed E-state index contributed by atoms with van der Waals surface area (Å²) in [6.07, 6.45) is 0.552. The standard InChI is InChI=1S/C26H16F5N3O3/c1-26-23-15(14-4-2-3-5-16(14)32-23)10-11-33(26)25(36)34(24(26)35)12-6-8-13(9-7-12)37-22-20(30)18(28)17(27)19(29)21(22)31/h2-9,32H,10-11H2,1H3. The van der Waals surface area contributed by atoms with Gasteiger partial charge in [0.15, 0.2) is 5.54 Å². The molecule has 1 N–H and O–H groups in total. The second kappa shape index (κ2) is 7.79. The molecule has 3 amide bonds. The maximum Gasteiger partial charge on any atom is 0.332 e. The lowest BCUT2D eigenvalue weighted by molar-refractivity contribution is -0.125. The fourth-order valence-corrected chi connectivity index (χ4v) is 5.08. The number of hydrogen-bond acceptors (Lipinski definition) is 3. The lowest BCUT2D eigenvalue weighted by Gasteiger charge is -2.35. The van der Waals surface area contributed by atoms with Crippen LogP contribution in [0.1, 0.15) is 18.2 Å². The molecule has 1 unspecified atom stereocenters. The number of aromatic amines is 1. The van der Waals surface area contributed by atoms with Gasteiger partial charge >= 0.3 is 6.03 Å². The van der Waals surface area contributed by atoms with Crippen molar-refractivity contribution in [2.45, 2.75) is 18.9 Å². The van der Waals surface area contributed by atoms with Gasteiger partial charge in [0.05, 0.1) is 11.4 Å². The van der Waals surface area contributed by atoms with Crippen molar-refractivity contribution in [1.29, 1.82) is 0 Å². The molecular weight excluding hydrogens is 497 g/mol. The summed E-state index contributed by atoms with van der Waals surface area (Å²) in [4.78, 5) is 32.8. The molecule has 6 rings (SSSR count). The van der Waals surface area contributed by atoms with Crippen LogP contribution in [0.25, 0.3) is 10.9 Å². The largest absolute Gasteiger partial charge is 0.451 e. The van der Waals surface area contributed by atoms with E-state index in [9.17, 15) is 31.5 Å². The van der Waals surface area contributed by atoms with Crippen LogP contribution in [0.4, 0.5) is 32.4 Å². The number of carbonyl (C=O) groups is 2. The second-order valence-electron chi connectivity index (χ2n) is 8.92. The van der Waals surface area contributed by atoms with Crippen LogP contribution in [0.5, 0.6) is 11.5 Å². The summed E-state index contributed by atoms with van der Waals surface area (Å²) >= 11 is 0. The van der Waals surface area contributed by atoms with Crippen LogP contribution in [-0.2, 0) is 16.8 Å². The van der Waals surface area contributed by atoms with E-state index in [0.717, 1.165) is 33.5 Å². The molecule has 2 aliphatic rings. The molecule has 1 saturated heterocycles. The van der Waals surface area contributed by atoms with E-state index >= 15 is 0 Å². The van der Waals surface area contributed by atoms with E-state index in [-0.39, 0.29) is 11.4 Å². The molecular formula is C26H16F5N3O3. The van der Waals surface area contributed by atoms with E-state index in [1.807, 2.05) is 24.3 Å². The molecule has 4 aromatic rings. The van der Waals surface area contributed by atoms with Crippen molar-refractivity contribution in [2.75, 3.05) is 11.4 Å². The third kappa shape index (κ3) is 3.03. The Labute approximate surface area is 205 Å². The highest BCUT2D eigenvalue weighted by atomic mass is 19.2. The minimum absolute atomic E-state index is 0.146. The molecule has 0 spiro atoms. The number of anilines is 1. The highest BCUT2D eigenvalue weighted by molar-refractivity contribution is 6.23. The fourth-order valence-electron chi connectivity index (χ4n) is 5.08. The zero-order chi connectivity index (χ0) is 26.2. The predicted octanol–water partition coefficient (Wildman–Crippen LogP) is 5.90. The fraction of sp³-hybridized carbons (Fsp3) is 0.154. The topological polar surface area (TPSA) is 65.6 Å². The van der Waals surface area contributed by atoms with Crippen LogP contribution < -0.4 is 9.64 Å². The molecule has 0 radical (unpaired) electrons. The number of imide groups is 1. The average Bonchev–Trinajstić information content (AvgIpc) is 3.38. The van der Waals surface area contributed by atoms with Gasteiger partial charge < -0.3 is 14.6 Å². The molecule has 6 nitrogen and oxygen atoms in total. The van der Waals surface area contributed by atoms with Crippen molar-refractivity contribution in [1.82, 2.24) is 9.88 Å². The molecule has 37 heavy (non-hydrogen) atoms. The molecule has 1 fully saturated rings. The SMILES string of the molecule is CC12C(=O)N(c3ccc(Oc4c(F)c(F)c(F)c(F)c4F)cc3)C(=O)N1CCc1c2[nH]c2ccccc12. The number of rotatable bonds is 3. The summed E-state index contributed by atoms with van der Waals surface area (Å²) < 4.78 is 73.1. The first-order valence-electron chi connectivity index (χ1n) is 11.2. The highest BCUT2D eigenvalue weighted by Crippen LogP contribution is 2.45. The van der Waals surface area contributed by atoms with Gasteiger partial charge in [-0.1, -0.05) is 18.2 Å². The number of carbonyl (C=O) groups excluding carboxylic acids is 2. The van der Waals surface area contributed by atoms with Gasteiger partial charge in [0.25, 0.3) is 5.91 Å². The normalized spacial score (nSPS) is 19.0. The summed E-state index contributed by atoms with van der Waals surface area (Å²) in [6, 6.07) is 11.9. The van der Waals surface area contributed by atoms with Crippen molar-refractivity contribution in [3.63, 3.8) is 0 Å². The number of fused-ring (bicyclic) bond motifs is 5. The van der Waals surface area contributed by atoms with Gasteiger partial charge in [-0.3, -0.25) is 4.79 Å². The Morgan fingerprint density at radius 2 is 1.49 bits per heavy atom. The van der Waals surface area contributed by atoms with Gasteiger partial charge in [0, 0.05) is 17.4 Å². The average molecular weight is 513 g/mol. The number of nitrogens with one attached hydrogen (secondary N) is 1. The Morgan fingerprint density at radius 3 is 2.16 bits per heavy atom. The first-order valence-corrected chi connectivity index (χ1v) is 11.2. The molecule has 3 aromatic carbocycles. The molecule has 1 aromatic heterocycles. The van der Waals surface area contributed by atoms with Crippen LogP contribution in [0.3, 0.4) is 0 Å². The Bertz CT molecular complexity index is 1610. The second-order valence-corrected chi connectivity index (χ2v) is 8.92. The number of nitrogens with zero attached hydrogens (tertiary/aromatic N) is 2.